The molecule has 0 bridgehead atoms. The molecule has 0 saturated carbocycles. The predicted molar refractivity (Wildman–Crippen MR) is 78.7 cm³/mol. The molecule has 0 aliphatic carbocycles. The van der Waals surface area contributed by atoms with Crippen molar-refractivity contribution in [2.75, 3.05) is 38.2 Å². The van der Waals surface area contributed by atoms with E-state index in [-0.39, 0.29) is 6.10 Å². The lowest BCUT2D eigenvalue weighted by atomic mass is 10.0. The van der Waals surface area contributed by atoms with Gasteiger partial charge in [0.15, 0.2) is 0 Å². The van der Waals surface area contributed by atoms with E-state index in [4.69, 9.17) is 4.74 Å². The molecule has 0 amide bonds. The minimum Gasteiger partial charge on any atom is -0.372 e. The summed E-state index contributed by atoms with van der Waals surface area (Å²) in [5.74, 6) is 0. The van der Waals surface area contributed by atoms with Crippen molar-refractivity contribution in [2.45, 2.75) is 31.9 Å². The molecule has 2 aliphatic rings. The van der Waals surface area contributed by atoms with E-state index in [1.807, 2.05) is 0 Å². The molecular formula is C16H24N2O. The van der Waals surface area contributed by atoms with Gasteiger partial charge in [-0.25, -0.2) is 0 Å². The molecule has 0 N–H and O–H groups in total. The molecule has 2 aliphatic heterocycles. The number of likely N-dealkylation sites (N-methyl/N-ethyl adjacent to an activating group) is 1. The number of ether oxygens (including phenoxy) is 1. The smallest absolute Gasteiger partial charge is 0.0977 e. The number of morpholine rings is 1. The van der Waals surface area contributed by atoms with E-state index in [0.29, 0.717) is 6.04 Å². The molecule has 3 rings (SSSR count). The molecule has 0 aromatic heterocycles. The highest BCUT2D eigenvalue weighted by atomic mass is 16.5. The third kappa shape index (κ3) is 2.63. The van der Waals surface area contributed by atoms with Gasteiger partial charge in [0.05, 0.1) is 12.7 Å². The van der Waals surface area contributed by atoms with Gasteiger partial charge in [-0.05, 0) is 44.5 Å². The molecular weight excluding hydrogens is 236 g/mol. The monoisotopic (exact) mass is 260 g/mol. The van der Waals surface area contributed by atoms with E-state index < -0.39 is 0 Å². The Kier molecular flexibility index (Phi) is 3.76. The van der Waals surface area contributed by atoms with Crippen molar-refractivity contribution in [3.05, 3.63) is 29.8 Å². The average Bonchev–Trinajstić information content (AvgIpc) is 2.96. The summed E-state index contributed by atoms with van der Waals surface area (Å²) < 4.78 is 5.96. The Morgan fingerprint density at radius 3 is 2.42 bits per heavy atom. The van der Waals surface area contributed by atoms with Crippen LogP contribution in [0.2, 0.25) is 0 Å². The Hall–Kier alpha value is -1.06. The van der Waals surface area contributed by atoms with Crippen LogP contribution in [0.3, 0.4) is 0 Å². The van der Waals surface area contributed by atoms with Gasteiger partial charge in [0.1, 0.15) is 0 Å². The maximum absolute atomic E-state index is 5.96. The minimum atomic E-state index is 0.214. The zero-order valence-electron chi connectivity index (χ0n) is 12.0. The summed E-state index contributed by atoms with van der Waals surface area (Å²) in [6, 6.07) is 9.45. The van der Waals surface area contributed by atoms with Crippen molar-refractivity contribution in [1.82, 2.24) is 4.90 Å². The van der Waals surface area contributed by atoms with Crippen molar-refractivity contribution < 1.29 is 4.74 Å². The second kappa shape index (κ2) is 5.51. The van der Waals surface area contributed by atoms with Crippen LogP contribution in [0.25, 0.3) is 0 Å². The van der Waals surface area contributed by atoms with Crippen LogP contribution in [0, 0.1) is 0 Å². The van der Waals surface area contributed by atoms with E-state index in [9.17, 15) is 0 Å². The van der Waals surface area contributed by atoms with Gasteiger partial charge in [-0.15, -0.1) is 0 Å². The second-order valence-corrected chi connectivity index (χ2v) is 5.80. The Morgan fingerprint density at radius 1 is 1.05 bits per heavy atom. The molecule has 0 radical (unpaired) electrons. The number of anilines is 1. The fraction of sp³-hybridized carbons (Fsp3) is 0.625. The van der Waals surface area contributed by atoms with Gasteiger partial charge in [-0.3, -0.25) is 4.90 Å². The Morgan fingerprint density at radius 2 is 1.74 bits per heavy atom. The molecule has 0 unspecified atom stereocenters. The normalized spacial score (nSPS) is 28.8. The lowest BCUT2D eigenvalue weighted by Crippen LogP contribution is -2.42. The van der Waals surface area contributed by atoms with Crippen LogP contribution < -0.4 is 4.90 Å². The number of hydrogen-bond acceptors (Lipinski definition) is 3. The number of nitrogens with zero attached hydrogens (tertiary/aromatic N) is 2. The summed E-state index contributed by atoms with van der Waals surface area (Å²) >= 11 is 0. The van der Waals surface area contributed by atoms with Crippen molar-refractivity contribution in [3.63, 3.8) is 0 Å². The van der Waals surface area contributed by atoms with Crippen LogP contribution in [0.5, 0.6) is 0 Å². The molecule has 19 heavy (non-hydrogen) atoms. The van der Waals surface area contributed by atoms with Gasteiger partial charge in [0, 0.05) is 31.4 Å². The predicted octanol–water partition coefficient (Wildman–Crippen LogP) is 2.68. The van der Waals surface area contributed by atoms with Crippen LogP contribution in [0.1, 0.15) is 31.4 Å². The van der Waals surface area contributed by atoms with Gasteiger partial charge in [0.25, 0.3) is 0 Å². The fourth-order valence-electron chi connectivity index (χ4n) is 3.12. The average molecular weight is 260 g/mol. The highest BCUT2D eigenvalue weighted by molar-refractivity contribution is 5.48. The van der Waals surface area contributed by atoms with E-state index >= 15 is 0 Å². The van der Waals surface area contributed by atoms with Gasteiger partial charge < -0.3 is 9.64 Å². The topological polar surface area (TPSA) is 15.7 Å². The maximum Gasteiger partial charge on any atom is 0.0977 e. The van der Waals surface area contributed by atoms with Crippen LogP contribution in [0.4, 0.5) is 5.69 Å². The van der Waals surface area contributed by atoms with E-state index in [1.165, 1.54) is 37.2 Å². The fourth-order valence-corrected chi connectivity index (χ4v) is 3.12. The first-order valence-electron chi connectivity index (χ1n) is 7.42. The highest BCUT2D eigenvalue weighted by Crippen LogP contribution is 2.29. The standard InChI is InChI=1S/C16H24N2O/c1-13-16(19-12-11-17(13)2)14-5-7-15(8-6-14)18-9-3-4-10-18/h5-8,13,16H,3-4,9-12H2,1-2H3/t13-,16+/m0/s1. The molecule has 2 saturated heterocycles. The van der Waals surface area contributed by atoms with Crippen molar-refractivity contribution >= 4 is 5.69 Å². The Labute approximate surface area is 116 Å². The van der Waals surface area contributed by atoms with Crippen LogP contribution in [-0.4, -0.2) is 44.2 Å². The Balaban J connectivity index is 1.74. The van der Waals surface area contributed by atoms with Gasteiger partial charge >= 0.3 is 0 Å². The maximum atomic E-state index is 5.96. The highest BCUT2D eigenvalue weighted by Gasteiger charge is 2.27. The number of rotatable bonds is 2. The molecule has 2 heterocycles. The number of hydrogen-bond donors (Lipinski definition) is 0. The zero-order valence-corrected chi connectivity index (χ0v) is 12.0. The van der Waals surface area contributed by atoms with Crippen molar-refractivity contribution in [3.8, 4) is 0 Å². The minimum absolute atomic E-state index is 0.214. The van der Waals surface area contributed by atoms with Crippen LogP contribution >= 0.6 is 0 Å². The van der Waals surface area contributed by atoms with Gasteiger partial charge in [-0.1, -0.05) is 12.1 Å². The quantitative estimate of drug-likeness (QED) is 0.813. The molecule has 0 spiro atoms. The van der Waals surface area contributed by atoms with E-state index in [0.717, 1.165) is 13.2 Å². The molecule has 2 atom stereocenters. The largest absolute Gasteiger partial charge is 0.372 e. The molecule has 3 heteroatoms. The molecule has 1 aromatic carbocycles. The van der Waals surface area contributed by atoms with Crippen molar-refractivity contribution in [1.29, 1.82) is 0 Å². The zero-order chi connectivity index (χ0) is 13.2. The van der Waals surface area contributed by atoms with Gasteiger partial charge in [-0.2, -0.15) is 0 Å². The Bertz CT molecular complexity index is 411. The lowest BCUT2D eigenvalue weighted by molar-refractivity contribution is -0.0571. The summed E-state index contributed by atoms with van der Waals surface area (Å²) in [7, 11) is 2.18. The summed E-state index contributed by atoms with van der Waals surface area (Å²) in [6.07, 6.45) is 2.87. The summed E-state index contributed by atoms with van der Waals surface area (Å²) in [5.41, 5.74) is 2.67. The van der Waals surface area contributed by atoms with Crippen LogP contribution in [0.15, 0.2) is 24.3 Å². The van der Waals surface area contributed by atoms with Crippen LogP contribution in [-0.2, 0) is 4.74 Å². The molecule has 2 fully saturated rings. The molecule has 3 nitrogen and oxygen atoms in total. The van der Waals surface area contributed by atoms with Crippen molar-refractivity contribution in [2.24, 2.45) is 0 Å². The van der Waals surface area contributed by atoms with Gasteiger partial charge in [0.2, 0.25) is 0 Å². The first-order valence-corrected chi connectivity index (χ1v) is 7.42. The molecule has 104 valence electrons. The second-order valence-electron chi connectivity index (χ2n) is 5.80. The SMILES string of the molecule is C[C@H]1[C@H](c2ccc(N3CCCC3)cc2)OCCN1C. The number of benzene rings is 1. The summed E-state index contributed by atoms with van der Waals surface area (Å²) in [5, 5.41) is 0. The lowest BCUT2D eigenvalue weighted by Gasteiger charge is -2.37. The summed E-state index contributed by atoms with van der Waals surface area (Å²) in [4.78, 5) is 4.85. The first kappa shape index (κ1) is 12.9. The third-order valence-electron chi connectivity index (χ3n) is 4.57. The van der Waals surface area contributed by atoms with E-state index in [1.54, 1.807) is 0 Å². The summed E-state index contributed by atoms with van der Waals surface area (Å²) in [6.45, 7) is 6.53. The molecule has 1 aromatic rings. The third-order valence-corrected chi connectivity index (χ3v) is 4.57. The first-order chi connectivity index (χ1) is 9.25. The van der Waals surface area contributed by atoms with E-state index in [2.05, 4.69) is 48.0 Å².